The Morgan fingerprint density at radius 2 is 1.78 bits per heavy atom. The predicted molar refractivity (Wildman–Crippen MR) is 111 cm³/mol. The molecule has 0 amide bonds. The van der Waals surface area contributed by atoms with Crippen LogP contribution in [0.4, 0.5) is 0 Å². The molecule has 27 heavy (non-hydrogen) atoms. The molecule has 0 spiro atoms. The number of aryl methyl sites for hydroxylation is 1. The Labute approximate surface area is 162 Å². The van der Waals surface area contributed by atoms with Crippen molar-refractivity contribution in [2.24, 2.45) is 5.92 Å². The van der Waals surface area contributed by atoms with E-state index in [4.69, 9.17) is 0 Å². The van der Waals surface area contributed by atoms with Crippen molar-refractivity contribution in [1.82, 2.24) is 19.2 Å². The summed E-state index contributed by atoms with van der Waals surface area (Å²) in [7, 11) is 0. The van der Waals surface area contributed by atoms with E-state index in [0.717, 1.165) is 22.0 Å². The van der Waals surface area contributed by atoms with Gasteiger partial charge in [0.15, 0.2) is 5.16 Å². The molecule has 0 bridgehead atoms. The van der Waals surface area contributed by atoms with Crippen molar-refractivity contribution in [3.05, 3.63) is 70.0 Å². The maximum atomic E-state index is 13.2. The van der Waals surface area contributed by atoms with E-state index in [1.807, 2.05) is 28.7 Å². The molecule has 4 aromatic rings. The van der Waals surface area contributed by atoms with Crippen LogP contribution in [-0.2, 0) is 6.54 Å². The molecular weight excluding hydrogens is 356 g/mol. The van der Waals surface area contributed by atoms with Crippen LogP contribution >= 0.6 is 11.8 Å². The Kier molecular flexibility index (Phi) is 4.74. The Hall–Kier alpha value is -2.60. The number of thioether (sulfide) groups is 1. The molecule has 0 saturated carbocycles. The lowest BCUT2D eigenvalue weighted by molar-refractivity contribution is 0.746. The van der Waals surface area contributed by atoms with E-state index in [-0.39, 0.29) is 5.56 Å². The van der Waals surface area contributed by atoms with Gasteiger partial charge >= 0.3 is 0 Å². The molecule has 0 N–H and O–H groups in total. The molecule has 4 rings (SSSR count). The molecule has 0 fully saturated rings. The molecule has 0 aliphatic carbocycles. The number of aromatic nitrogens is 4. The summed E-state index contributed by atoms with van der Waals surface area (Å²) >= 11 is 1.68. The number of hydrogen-bond donors (Lipinski definition) is 0. The molecule has 0 aliphatic rings. The van der Waals surface area contributed by atoms with Crippen LogP contribution in [0.15, 0.2) is 58.5 Å². The van der Waals surface area contributed by atoms with Crippen LogP contribution in [0.3, 0.4) is 0 Å². The van der Waals surface area contributed by atoms with Gasteiger partial charge in [-0.05, 0) is 30.5 Å². The van der Waals surface area contributed by atoms with E-state index in [1.54, 1.807) is 16.3 Å². The van der Waals surface area contributed by atoms with Gasteiger partial charge in [-0.25, -0.2) is 0 Å². The minimum atomic E-state index is -0.0357. The second kappa shape index (κ2) is 7.19. The fourth-order valence-corrected chi connectivity index (χ4v) is 3.98. The lowest BCUT2D eigenvalue weighted by atomic mass is 10.1. The van der Waals surface area contributed by atoms with Gasteiger partial charge in [0.25, 0.3) is 5.56 Å². The Morgan fingerprint density at radius 3 is 2.52 bits per heavy atom. The minimum Gasteiger partial charge on any atom is -0.272 e. The van der Waals surface area contributed by atoms with Crippen molar-refractivity contribution in [3.63, 3.8) is 0 Å². The third kappa shape index (κ3) is 3.37. The summed E-state index contributed by atoms with van der Waals surface area (Å²) in [4.78, 5) is 13.2. The molecule has 0 aliphatic heterocycles. The highest BCUT2D eigenvalue weighted by molar-refractivity contribution is 7.99. The van der Waals surface area contributed by atoms with Crippen LogP contribution < -0.4 is 5.56 Å². The zero-order valence-corrected chi connectivity index (χ0v) is 16.5. The summed E-state index contributed by atoms with van der Waals surface area (Å²) in [6.45, 7) is 6.89. The highest BCUT2D eigenvalue weighted by Gasteiger charge is 2.17. The van der Waals surface area contributed by atoms with Crippen LogP contribution in [0.25, 0.3) is 16.7 Å². The highest BCUT2D eigenvalue weighted by Crippen LogP contribution is 2.23. The van der Waals surface area contributed by atoms with E-state index in [1.165, 1.54) is 5.56 Å². The van der Waals surface area contributed by atoms with Gasteiger partial charge in [-0.3, -0.25) is 13.8 Å². The van der Waals surface area contributed by atoms with Crippen LogP contribution in [0.5, 0.6) is 0 Å². The smallest absolute Gasteiger partial charge is 0.263 e. The molecule has 138 valence electrons. The number of rotatable bonds is 5. The van der Waals surface area contributed by atoms with E-state index in [9.17, 15) is 4.79 Å². The van der Waals surface area contributed by atoms with Gasteiger partial charge in [0, 0.05) is 5.75 Å². The topological polar surface area (TPSA) is 52.2 Å². The molecule has 2 heterocycles. The Balaban J connectivity index is 1.93. The number of benzene rings is 2. The Bertz CT molecular complexity index is 1160. The van der Waals surface area contributed by atoms with Crippen molar-refractivity contribution in [1.29, 1.82) is 0 Å². The fraction of sp³-hybridized carbons (Fsp3) is 0.286. The fourth-order valence-electron chi connectivity index (χ4n) is 3.09. The maximum Gasteiger partial charge on any atom is 0.263 e. The summed E-state index contributed by atoms with van der Waals surface area (Å²) in [5.74, 6) is 2.09. The minimum absolute atomic E-state index is 0.0357. The zero-order valence-electron chi connectivity index (χ0n) is 15.7. The van der Waals surface area contributed by atoms with Crippen molar-refractivity contribution >= 4 is 28.4 Å². The van der Waals surface area contributed by atoms with Crippen molar-refractivity contribution in [2.75, 3.05) is 5.75 Å². The average molecular weight is 379 g/mol. The van der Waals surface area contributed by atoms with Crippen LogP contribution in [0.1, 0.15) is 25.0 Å². The monoisotopic (exact) mass is 378 g/mol. The summed E-state index contributed by atoms with van der Waals surface area (Å²) in [6, 6.07) is 15.9. The van der Waals surface area contributed by atoms with Gasteiger partial charge in [-0.2, -0.15) is 0 Å². The molecular formula is C21H22N4OS. The molecule has 2 aromatic heterocycles. The second-order valence-corrected chi connectivity index (χ2v) is 8.20. The molecule has 5 nitrogen and oxygen atoms in total. The summed E-state index contributed by atoms with van der Waals surface area (Å²) in [5, 5.41) is 10.3. The number of fused-ring (bicyclic) bond motifs is 3. The summed E-state index contributed by atoms with van der Waals surface area (Å²) in [6.07, 6.45) is 0. The van der Waals surface area contributed by atoms with Crippen molar-refractivity contribution in [3.8, 4) is 0 Å². The first-order valence-corrected chi connectivity index (χ1v) is 10.1. The molecule has 6 heteroatoms. The third-order valence-electron chi connectivity index (χ3n) is 4.49. The van der Waals surface area contributed by atoms with Crippen molar-refractivity contribution < 1.29 is 0 Å². The van der Waals surface area contributed by atoms with Gasteiger partial charge in [-0.1, -0.05) is 67.6 Å². The molecule has 0 atom stereocenters. The maximum absolute atomic E-state index is 13.2. The lowest BCUT2D eigenvalue weighted by Gasteiger charge is -2.12. The predicted octanol–water partition coefficient (Wildman–Crippen LogP) is 4.15. The quantitative estimate of drug-likeness (QED) is 0.490. The van der Waals surface area contributed by atoms with Crippen molar-refractivity contribution in [2.45, 2.75) is 32.5 Å². The first kappa shape index (κ1) is 17.8. The van der Waals surface area contributed by atoms with Gasteiger partial charge in [0.05, 0.1) is 17.4 Å². The summed E-state index contributed by atoms with van der Waals surface area (Å²) < 4.78 is 3.73. The first-order chi connectivity index (χ1) is 13.0. The van der Waals surface area contributed by atoms with Gasteiger partial charge < -0.3 is 0 Å². The molecule has 0 unspecified atom stereocenters. The molecule has 0 saturated heterocycles. The van der Waals surface area contributed by atoms with E-state index < -0.39 is 0 Å². The lowest BCUT2D eigenvalue weighted by Crippen LogP contribution is -2.24. The van der Waals surface area contributed by atoms with E-state index in [2.05, 4.69) is 55.2 Å². The molecule has 0 radical (unpaired) electrons. The van der Waals surface area contributed by atoms with E-state index in [0.29, 0.717) is 23.6 Å². The first-order valence-electron chi connectivity index (χ1n) is 9.09. The number of nitrogens with zero attached hydrogens (tertiary/aromatic N) is 4. The number of hydrogen-bond acceptors (Lipinski definition) is 4. The normalized spacial score (nSPS) is 11.7. The average Bonchev–Trinajstić information content (AvgIpc) is 3.09. The standard InChI is InChI=1S/C21H22N4OS/c1-14(2)13-27-21-23-22-20-24(12-16-10-8-15(3)9-11-16)19(26)17-6-4-5-7-18(17)25(20)21/h4-11,14H,12-13H2,1-3H3. The molecule has 2 aromatic carbocycles. The van der Waals surface area contributed by atoms with Gasteiger partial charge in [-0.15, -0.1) is 10.2 Å². The van der Waals surface area contributed by atoms with E-state index >= 15 is 0 Å². The third-order valence-corrected chi connectivity index (χ3v) is 5.84. The summed E-state index contributed by atoms with van der Waals surface area (Å²) in [5.41, 5.74) is 3.09. The SMILES string of the molecule is Cc1ccc(Cn2c(=O)c3ccccc3n3c(SCC(C)C)nnc23)cc1. The second-order valence-electron chi connectivity index (χ2n) is 7.22. The largest absolute Gasteiger partial charge is 0.272 e. The zero-order chi connectivity index (χ0) is 19.0. The van der Waals surface area contributed by atoms with Crippen LogP contribution in [0, 0.1) is 12.8 Å². The van der Waals surface area contributed by atoms with Gasteiger partial charge in [0.2, 0.25) is 5.78 Å². The van der Waals surface area contributed by atoms with Crippen LogP contribution in [-0.4, -0.2) is 24.9 Å². The van der Waals surface area contributed by atoms with Crippen LogP contribution in [0.2, 0.25) is 0 Å². The highest BCUT2D eigenvalue weighted by atomic mass is 32.2. The van der Waals surface area contributed by atoms with Gasteiger partial charge in [0.1, 0.15) is 0 Å². The number of para-hydroxylation sites is 1. The Morgan fingerprint density at radius 1 is 1.04 bits per heavy atom.